The highest BCUT2D eigenvalue weighted by atomic mass is 32.2. The van der Waals surface area contributed by atoms with Gasteiger partial charge in [-0.15, -0.1) is 11.8 Å². The third kappa shape index (κ3) is 5.55. The van der Waals surface area contributed by atoms with Crippen LogP contribution in [0.4, 0.5) is 18.0 Å². The highest BCUT2D eigenvalue weighted by Gasteiger charge is 2.34. The molecule has 1 aliphatic rings. The number of carboxylic acids is 1. The van der Waals surface area contributed by atoms with Crippen LogP contribution in [0.3, 0.4) is 0 Å². The van der Waals surface area contributed by atoms with E-state index in [9.17, 15) is 22.8 Å². The molecule has 2 amide bonds. The number of ether oxygens (including phenoxy) is 1. The fourth-order valence-electron chi connectivity index (χ4n) is 1.37. The highest BCUT2D eigenvalue weighted by molar-refractivity contribution is 7.99. The number of urea groups is 1. The molecule has 1 saturated heterocycles. The summed E-state index contributed by atoms with van der Waals surface area (Å²) in [5.74, 6) is -0.562. The van der Waals surface area contributed by atoms with Crippen LogP contribution >= 0.6 is 11.8 Å². The van der Waals surface area contributed by atoms with E-state index in [2.05, 4.69) is 10.1 Å². The number of carbonyl (C=O) groups is 2. The van der Waals surface area contributed by atoms with Gasteiger partial charge in [0.15, 0.2) is 0 Å². The molecule has 0 bridgehead atoms. The molecule has 110 valence electrons. The van der Waals surface area contributed by atoms with E-state index in [0.717, 1.165) is 4.90 Å². The Labute approximate surface area is 111 Å². The van der Waals surface area contributed by atoms with Crippen molar-refractivity contribution < 1.29 is 32.6 Å². The van der Waals surface area contributed by atoms with Crippen LogP contribution in [0.2, 0.25) is 0 Å². The van der Waals surface area contributed by atoms with Gasteiger partial charge in [-0.3, -0.25) is 0 Å². The molecule has 0 aromatic rings. The number of hydrogen-bond acceptors (Lipinski definition) is 4. The summed E-state index contributed by atoms with van der Waals surface area (Å²) < 4.78 is 39.5. The van der Waals surface area contributed by atoms with Crippen molar-refractivity contribution >= 4 is 23.8 Å². The number of carbonyl (C=O) groups excluding carboxylic acids is 1. The maximum atomic E-state index is 11.7. The Bertz CT molecular complexity index is 340. The predicted octanol–water partition coefficient (Wildman–Crippen LogP) is 0.734. The summed E-state index contributed by atoms with van der Waals surface area (Å²) in [6.45, 7) is -1.77. The van der Waals surface area contributed by atoms with Gasteiger partial charge in [0.2, 0.25) is 0 Å². The number of halogens is 3. The third-order valence-corrected chi connectivity index (χ3v) is 3.23. The van der Waals surface area contributed by atoms with Crippen LogP contribution in [-0.2, 0) is 9.53 Å². The summed E-state index contributed by atoms with van der Waals surface area (Å²) in [5.41, 5.74) is 0. The van der Waals surface area contributed by atoms with Gasteiger partial charge in [0.25, 0.3) is 0 Å². The number of rotatable bonds is 5. The summed E-state index contributed by atoms with van der Waals surface area (Å²) in [5, 5.41) is 11.2. The number of carboxylic acid groups (broad SMARTS) is 1. The molecule has 6 nitrogen and oxygen atoms in total. The number of alkyl halides is 3. The van der Waals surface area contributed by atoms with E-state index < -0.39 is 30.8 Å². The summed E-state index contributed by atoms with van der Waals surface area (Å²) >= 11 is 1.30. The van der Waals surface area contributed by atoms with Crippen molar-refractivity contribution in [2.75, 3.05) is 31.4 Å². The Morgan fingerprint density at radius 3 is 2.74 bits per heavy atom. The minimum Gasteiger partial charge on any atom is -0.480 e. The molecule has 2 N–H and O–H groups in total. The molecule has 1 fully saturated rings. The van der Waals surface area contributed by atoms with E-state index in [-0.39, 0.29) is 19.0 Å². The first-order valence-corrected chi connectivity index (χ1v) is 6.46. The maximum absolute atomic E-state index is 11.7. The van der Waals surface area contributed by atoms with Crippen LogP contribution in [0.5, 0.6) is 0 Å². The van der Waals surface area contributed by atoms with Crippen LogP contribution in [0.1, 0.15) is 0 Å². The molecule has 0 spiro atoms. The van der Waals surface area contributed by atoms with Gasteiger partial charge in [0.05, 0.1) is 12.5 Å². The van der Waals surface area contributed by atoms with E-state index in [1.807, 2.05) is 0 Å². The van der Waals surface area contributed by atoms with Crippen molar-refractivity contribution in [3.8, 4) is 0 Å². The zero-order valence-corrected chi connectivity index (χ0v) is 10.6. The van der Waals surface area contributed by atoms with Crippen LogP contribution in [0.25, 0.3) is 0 Å². The zero-order valence-electron chi connectivity index (χ0n) is 9.77. The van der Waals surface area contributed by atoms with Crippen LogP contribution in [0, 0.1) is 0 Å². The lowest BCUT2D eigenvalue weighted by Gasteiger charge is -2.20. The predicted molar refractivity (Wildman–Crippen MR) is 60.9 cm³/mol. The van der Waals surface area contributed by atoms with Crippen molar-refractivity contribution in [2.45, 2.75) is 12.2 Å². The number of nitrogens with zero attached hydrogens (tertiary/aromatic N) is 1. The smallest absolute Gasteiger partial charge is 0.411 e. The van der Waals surface area contributed by atoms with Gasteiger partial charge in [-0.25, -0.2) is 9.59 Å². The normalized spacial score (nSPS) is 19.5. The van der Waals surface area contributed by atoms with Crippen molar-refractivity contribution in [1.82, 2.24) is 10.2 Å². The van der Waals surface area contributed by atoms with Gasteiger partial charge in [0, 0.05) is 12.3 Å². The molecule has 0 aromatic heterocycles. The second-order valence-electron chi connectivity index (χ2n) is 3.72. The minimum absolute atomic E-state index is 0.109. The van der Waals surface area contributed by atoms with E-state index in [1.54, 1.807) is 0 Å². The quantitative estimate of drug-likeness (QED) is 0.732. The number of aliphatic carboxylic acids is 1. The second-order valence-corrected chi connectivity index (χ2v) is 4.72. The standard InChI is InChI=1S/C9H13F3N2O4S/c10-9(11,12)4-18-2-1-13-8(17)14-5-19-3-6(14)7(15)16/h6H,1-5H2,(H,13,17)(H,15,16). The largest absolute Gasteiger partial charge is 0.480 e. The topological polar surface area (TPSA) is 78.9 Å². The Morgan fingerprint density at radius 1 is 1.47 bits per heavy atom. The number of amides is 2. The van der Waals surface area contributed by atoms with E-state index >= 15 is 0 Å². The molecule has 19 heavy (non-hydrogen) atoms. The van der Waals surface area contributed by atoms with E-state index in [0.29, 0.717) is 5.75 Å². The highest BCUT2D eigenvalue weighted by Crippen LogP contribution is 2.20. The molecule has 0 aromatic carbocycles. The summed E-state index contributed by atoms with van der Waals surface area (Å²) in [6.07, 6.45) is -4.40. The molecular formula is C9H13F3N2O4S. The van der Waals surface area contributed by atoms with Gasteiger partial charge >= 0.3 is 18.2 Å². The Kier molecular flexibility index (Phi) is 5.73. The van der Waals surface area contributed by atoms with Crippen LogP contribution in [-0.4, -0.2) is 65.6 Å². The Hall–Kier alpha value is -1.16. The van der Waals surface area contributed by atoms with Gasteiger partial charge in [0.1, 0.15) is 12.6 Å². The summed E-state index contributed by atoms with van der Waals surface area (Å²) in [7, 11) is 0. The monoisotopic (exact) mass is 302 g/mol. The molecule has 1 aliphatic heterocycles. The number of nitrogens with one attached hydrogen (secondary N) is 1. The molecule has 10 heteroatoms. The van der Waals surface area contributed by atoms with Gasteiger partial charge in [-0.05, 0) is 0 Å². The molecular weight excluding hydrogens is 289 g/mol. The first kappa shape index (κ1) is 15.9. The van der Waals surface area contributed by atoms with Gasteiger partial charge in [-0.1, -0.05) is 0 Å². The van der Waals surface area contributed by atoms with Crippen LogP contribution in [0.15, 0.2) is 0 Å². The fourth-order valence-corrected chi connectivity index (χ4v) is 2.51. The van der Waals surface area contributed by atoms with Gasteiger partial charge in [-0.2, -0.15) is 13.2 Å². The van der Waals surface area contributed by atoms with Crippen molar-refractivity contribution in [3.05, 3.63) is 0 Å². The molecule has 1 rings (SSSR count). The van der Waals surface area contributed by atoms with E-state index in [1.165, 1.54) is 11.8 Å². The zero-order chi connectivity index (χ0) is 14.5. The first-order chi connectivity index (χ1) is 8.81. The lowest BCUT2D eigenvalue weighted by molar-refractivity contribution is -0.173. The Morgan fingerprint density at radius 2 is 2.16 bits per heavy atom. The summed E-state index contributed by atoms with van der Waals surface area (Å²) in [6, 6.07) is -1.52. The van der Waals surface area contributed by atoms with E-state index in [4.69, 9.17) is 5.11 Å². The minimum atomic E-state index is -4.40. The number of hydrogen-bond donors (Lipinski definition) is 2. The maximum Gasteiger partial charge on any atom is 0.411 e. The molecule has 0 saturated carbocycles. The molecule has 0 radical (unpaired) electrons. The number of thioether (sulfide) groups is 1. The van der Waals surface area contributed by atoms with Gasteiger partial charge < -0.3 is 20.1 Å². The van der Waals surface area contributed by atoms with Crippen LogP contribution < -0.4 is 5.32 Å². The average Bonchev–Trinajstić information content (AvgIpc) is 2.75. The molecule has 1 unspecified atom stereocenters. The molecule has 1 atom stereocenters. The first-order valence-electron chi connectivity index (χ1n) is 5.31. The van der Waals surface area contributed by atoms with Crippen molar-refractivity contribution in [3.63, 3.8) is 0 Å². The Balaban J connectivity index is 2.22. The third-order valence-electron chi connectivity index (χ3n) is 2.22. The molecule has 0 aliphatic carbocycles. The van der Waals surface area contributed by atoms with Crippen molar-refractivity contribution in [2.24, 2.45) is 0 Å². The lowest BCUT2D eigenvalue weighted by atomic mass is 10.3. The second kappa shape index (κ2) is 6.85. The fraction of sp³-hybridized carbons (Fsp3) is 0.778. The SMILES string of the molecule is O=C(O)C1CSCN1C(=O)NCCOCC(F)(F)F. The molecule has 1 heterocycles. The van der Waals surface area contributed by atoms with Crippen molar-refractivity contribution in [1.29, 1.82) is 0 Å². The summed E-state index contributed by atoms with van der Waals surface area (Å²) in [4.78, 5) is 23.5. The lowest BCUT2D eigenvalue weighted by Crippen LogP contribution is -2.47. The average molecular weight is 302 g/mol.